The van der Waals surface area contributed by atoms with Gasteiger partial charge in [0.25, 0.3) is 0 Å². The molecule has 0 spiro atoms. The first-order chi connectivity index (χ1) is 4.70. The third-order valence-electron chi connectivity index (χ3n) is 1.73. The van der Waals surface area contributed by atoms with Crippen molar-refractivity contribution < 1.29 is 14.6 Å². The second-order valence-corrected chi connectivity index (χ2v) is 2.75. The number of aliphatic hydroxyl groups is 1. The fourth-order valence-electron chi connectivity index (χ4n) is 0.974. The van der Waals surface area contributed by atoms with E-state index in [9.17, 15) is 0 Å². The summed E-state index contributed by atoms with van der Waals surface area (Å²) in [6.07, 6.45) is 1.10. The van der Waals surface area contributed by atoms with Crippen LogP contribution in [-0.4, -0.2) is 30.2 Å². The molecule has 0 aromatic rings. The molecule has 1 rings (SSSR count). The minimum absolute atomic E-state index is 0.0660. The van der Waals surface area contributed by atoms with E-state index in [2.05, 4.69) is 0 Å². The molecular formula is C7H14O3. The fraction of sp³-hybridized carbons (Fsp3) is 1.00. The van der Waals surface area contributed by atoms with Gasteiger partial charge in [-0.3, -0.25) is 0 Å². The van der Waals surface area contributed by atoms with E-state index in [4.69, 9.17) is 14.6 Å². The lowest BCUT2D eigenvalue weighted by molar-refractivity contribution is -0.178. The van der Waals surface area contributed by atoms with Crippen LogP contribution in [0.1, 0.15) is 20.3 Å². The van der Waals surface area contributed by atoms with Crippen LogP contribution in [0.5, 0.6) is 0 Å². The van der Waals surface area contributed by atoms with Gasteiger partial charge in [0.15, 0.2) is 5.79 Å². The lowest BCUT2D eigenvalue weighted by Crippen LogP contribution is -2.30. The summed E-state index contributed by atoms with van der Waals surface area (Å²) in [4.78, 5) is 0. The van der Waals surface area contributed by atoms with Crippen LogP contribution >= 0.6 is 0 Å². The molecule has 0 saturated carbocycles. The standard InChI is InChI=1S/C7H14O3/c1-3-6-4-9-7(2,5-8)10-6/h6,8H,3-5H2,1-2H3/t6?,7-/m1/s1. The summed E-state index contributed by atoms with van der Waals surface area (Å²) < 4.78 is 10.6. The maximum absolute atomic E-state index is 8.79. The van der Waals surface area contributed by atoms with Gasteiger partial charge in [-0.1, -0.05) is 6.92 Å². The molecule has 0 aromatic carbocycles. The van der Waals surface area contributed by atoms with Crippen molar-refractivity contribution in [2.75, 3.05) is 13.2 Å². The number of aliphatic hydroxyl groups excluding tert-OH is 1. The van der Waals surface area contributed by atoms with Gasteiger partial charge in [-0.25, -0.2) is 0 Å². The Balaban J connectivity index is 2.41. The number of ether oxygens (including phenoxy) is 2. The van der Waals surface area contributed by atoms with E-state index in [1.54, 1.807) is 6.92 Å². The molecule has 1 unspecified atom stereocenters. The van der Waals surface area contributed by atoms with Gasteiger partial charge in [-0.15, -0.1) is 0 Å². The average molecular weight is 146 g/mol. The van der Waals surface area contributed by atoms with Gasteiger partial charge in [0.05, 0.1) is 19.3 Å². The van der Waals surface area contributed by atoms with E-state index >= 15 is 0 Å². The van der Waals surface area contributed by atoms with Gasteiger partial charge in [0.1, 0.15) is 0 Å². The molecule has 3 heteroatoms. The molecule has 1 fully saturated rings. The highest BCUT2D eigenvalue weighted by atomic mass is 16.8. The average Bonchev–Trinajstić information content (AvgIpc) is 2.33. The van der Waals surface area contributed by atoms with Crippen molar-refractivity contribution in [1.29, 1.82) is 0 Å². The van der Waals surface area contributed by atoms with Crippen molar-refractivity contribution in [3.8, 4) is 0 Å². The summed E-state index contributed by atoms with van der Waals surface area (Å²) in [5.41, 5.74) is 0. The molecule has 1 saturated heterocycles. The summed E-state index contributed by atoms with van der Waals surface area (Å²) in [5, 5.41) is 8.79. The molecule has 2 atom stereocenters. The second-order valence-electron chi connectivity index (χ2n) is 2.75. The molecule has 60 valence electrons. The molecule has 10 heavy (non-hydrogen) atoms. The van der Waals surface area contributed by atoms with Crippen LogP contribution in [0, 0.1) is 0 Å². The van der Waals surface area contributed by atoms with Crippen LogP contribution < -0.4 is 0 Å². The lowest BCUT2D eigenvalue weighted by atomic mass is 10.3. The molecule has 1 heterocycles. The molecule has 1 aliphatic heterocycles. The topological polar surface area (TPSA) is 38.7 Å². The van der Waals surface area contributed by atoms with Gasteiger partial charge >= 0.3 is 0 Å². The zero-order valence-electron chi connectivity index (χ0n) is 6.46. The summed E-state index contributed by atoms with van der Waals surface area (Å²) in [7, 11) is 0. The predicted molar refractivity (Wildman–Crippen MR) is 36.6 cm³/mol. The SMILES string of the molecule is CCC1CO[C@@](C)(CO)O1. The molecule has 0 radical (unpaired) electrons. The maximum atomic E-state index is 8.79. The Morgan fingerprint density at radius 3 is 2.70 bits per heavy atom. The summed E-state index contributed by atoms with van der Waals surface area (Å²) in [6.45, 7) is 4.33. The summed E-state index contributed by atoms with van der Waals surface area (Å²) in [6, 6.07) is 0. The molecule has 1 aliphatic rings. The van der Waals surface area contributed by atoms with Crippen molar-refractivity contribution in [3.63, 3.8) is 0 Å². The molecule has 3 nitrogen and oxygen atoms in total. The highest BCUT2D eigenvalue weighted by Crippen LogP contribution is 2.23. The molecule has 1 N–H and O–H groups in total. The highest BCUT2D eigenvalue weighted by Gasteiger charge is 2.35. The van der Waals surface area contributed by atoms with Crippen LogP contribution in [0.2, 0.25) is 0 Å². The fourth-order valence-corrected chi connectivity index (χ4v) is 0.974. The number of rotatable bonds is 2. The number of hydrogen-bond acceptors (Lipinski definition) is 3. The zero-order valence-corrected chi connectivity index (χ0v) is 6.46. The minimum Gasteiger partial charge on any atom is -0.391 e. The van der Waals surface area contributed by atoms with Gasteiger partial charge in [-0.05, 0) is 13.3 Å². The van der Waals surface area contributed by atoms with E-state index in [0.717, 1.165) is 6.42 Å². The summed E-state index contributed by atoms with van der Waals surface area (Å²) in [5.74, 6) is -0.735. The summed E-state index contributed by atoms with van der Waals surface area (Å²) >= 11 is 0. The van der Waals surface area contributed by atoms with E-state index in [1.807, 2.05) is 6.92 Å². The first-order valence-electron chi connectivity index (χ1n) is 3.63. The van der Waals surface area contributed by atoms with Gasteiger partial charge in [-0.2, -0.15) is 0 Å². The smallest absolute Gasteiger partial charge is 0.189 e. The normalized spacial score (nSPS) is 40.5. The van der Waals surface area contributed by atoms with Gasteiger partial charge < -0.3 is 14.6 Å². The Bertz CT molecular complexity index is 115. The predicted octanol–water partition coefficient (Wildman–Crippen LogP) is 0.520. The quantitative estimate of drug-likeness (QED) is 0.617. The Morgan fingerprint density at radius 1 is 1.70 bits per heavy atom. The van der Waals surface area contributed by atoms with E-state index in [0.29, 0.717) is 6.61 Å². The van der Waals surface area contributed by atoms with Crippen LogP contribution in [0.4, 0.5) is 0 Å². The third kappa shape index (κ3) is 1.48. The first kappa shape index (κ1) is 7.98. The second kappa shape index (κ2) is 2.86. The minimum atomic E-state index is -0.735. The molecule has 0 amide bonds. The van der Waals surface area contributed by atoms with Crippen molar-refractivity contribution in [3.05, 3.63) is 0 Å². The highest BCUT2D eigenvalue weighted by molar-refractivity contribution is 4.72. The van der Waals surface area contributed by atoms with Crippen molar-refractivity contribution in [1.82, 2.24) is 0 Å². The Labute approximate surface area is 60.9 Å². The van der Waals surface area contributed by atoms with Crippen LogP contribution in [0.15, 0.2) is 0 Å². The van der Waals surface area contributed by atoms with E-state index < -0.39 is 5.79 Å². The van der Waals surface area contributed by atoms with Crippen LogP contribution in [0.25, 0.3) is 0 Å². The molecule has 0 bridgehead atoms. The maximum Gasteiger partial charge on any atom is 0.189 e. The van der Waals surface area contributed by atoms with Crippen LogP contribution in [-0.2, 0) is 9.47 Å². The van der Waals surface area contributed by atoms with Crippen molar-refractivity contribution >= 4 is 0 Å². The Kier molecular flexibility index (Phi) is 2.28. The number of hydrogen-bond donors (Lipinski definition) is 1. The Morgan fingerprint density at radius 2 is 2.40 bits per heavy atom. The van der Waals surface area contributed by atoms with Gasteiger partial charge in [0.2, 0.25) is 0 Å². The van der Waals surface area contributed by atoms with Crippen molar-refractivity contribution in [2.24, 2.45) is 0 Å². The molecule has 0 aromatic heterocycles. The Hall–Kier alpha value is -0.120. The monoisotopic (exact) mass is 146 g/mol. The largest absolute Gasteiger partial charge is 0.391 e. The third-order valence-corrected chi connectivity index (χ3v) is 1.73. The van der Waals surface area contributed by atoms with Crippen molar-refractivity contribution in [2.45, 2.75) is 32.2 Å². The lowest BCUT2D eigenvalue weighted by Gasteiger charge is -2.19. The zero-order chi connectivity index (χ0) is 7.61. The van der Waals surface area contributed by atoms with E-state index in [-0.39, 0.29) is 12.7 Å². The molecular weight excluding hydrogens is 132 g/mol. The van der Waals surface area contributed by atoms with E-state index in [1.165, 1.54) is 0 Å². The van der Waals surface area contributed by atoms with Crippen LogP contribution in [0.3, 0.4) is 0 Å². The molecule has 0 aliphatic carbocycles. The van der Waals surface area contributed by atoms with Gasteiger partial charge in [0, 0.05) is 0 Å². The first-order valence-corrected chi connectivity index (χ1v) is 3.63.